The molecule has 0 saturated carbocycles. The molecule has 4 rings (SSSR count). The number of carbonyl (C=O) groups is 1. The predicted octanol–water partition coefficient (Wildman–Crippen LogP) is 5.02. The number of benzene rings is 2. The molecule has 0 fully saturated rings. The number of furan rings is 1. The summed E-state index contributed by atoms with van der Waals surface area (Å²) in [5.74, 6) is 1.56. The number of anilines is 1. The third-order valence-electron chi connectivity index (χ3n) is 4.45. The third kappa shape index (κ3) is 5.26. The molecule has 2 aromatic carbocycles. The van der Waals surface area contributed by atoms with Crippen molar-refractivity contribution in [3.8, 4) is 11.5 Å². The highest BCUT2D eigenvalue weighted by Crippen LogP contribution is 2.27. The number of para-hydroxylation sites is 2. The van der Waals surface area contributed by atoms with Gasteiger partial charge in [-0.3, -0.25) is 9.48 Å². The van der Waals surface area contributed by atoms with Crippen LogP contribution >= 0.6 is 11.6 Å². The first-order valence-corrected chi connectivity index (χ1v) is 9.91. The van der Waals surface area contributed by atoms with Gasteiger partial charge in [-0.05, 0) is 42.0 Å². The van der Waals surface area contributed by atoms with Crippen molar-refractivity contribution >= 4 is 23.2 Å². The molecule has 0 unspecified atom stereocenters. The largest absolute Gasteiger partial charge is 0.493 e. The Kier molecular flexibility index (Phi) is 6.24. The van der Waals surface area contributed by atoms with Crippen molar-refractivity contribution in [1.29, 1.82) is 0 Å². The van der Waals surface area contributed by atoms with Crippen LogP contribution in [0.5, 0.6) is 11.5 Å². The summed E-state index contributed by atoms with van der Waals surface area (Å²) in [4.78, 5) is 12.5. The van der Waals surface area contributed by atoms with Gasteiger partial charge in [-0.2, -0.15) is 5.10 Å². The van der Waals surface area contributed by atoms with Gasteiger partial charge >= 0.3 is 0 Å². The standard InChI is InChI=1S/C23H20ClN3O4/c1-29-20-7-2-3-8-21(20)30-15-19-9-10-22(31-19)23(28)26-18-12-25-27(14-18)13-16-5-4-6-17(24)11-16/h2-12,14H,13,15H2,1H3,(H,26,28). The second-order valence-electron chi connectivity index (χ2n) is 6.72. The quantitative estimate of drug-likeness (QED) is 0.419. The van der Waals surface area contributed by atoms with Crippen LogP contribution in [0.2, 0.25) is 5.02 Å². The molecule has 0 bridgehead atoms. The number of hydrogen-bond acceptors (Lipinski definition) is 5. The monoisotopic (exact) mass is 437 g/mol. The summed E-state index contributed by atoms with van der Waals surface area (Å²) in [7, 11) is 1.58. The minimum absolute atomic E-state index is 0.172. The average molecular weight is 438 g/mol. The van der Waals surface area contributed by atoms with Crippen molar-refractivity contribution in [2.24, 2.45) is 0 Å². The van der Waals surface area contributed by atoms with Crippen molar-refractivity contribution in [2.45, 2.75) is 13.2 Å². The predicted molar refractivity (Wildman–Crippen MR) is 117 cm³/mol. The van der Waals surface area contributed by atoms with E-state index in [-0.39, 0.29) is 18.3 Å². The van der Waals surface area contributed by atoms with Crippen LogP contribution in [-0.4, -0.2) is 22.8 Å². The second kappa shape index (κ2) is 9.40. The van der Waals surface area contributed by atoms with Gasteiger partial charge in [0, 0.05) is 11.2 Å². The van der Waals surface area contributed by atoms with Gasteiger partial charge in [0.2, 0.25) is 0 Å². The van der Waals surface area contributed by atoms with Crippen molar-refractivity contribution in [3.63, 3.8) is 0 Å². The fraction of sp³-hybridized carbons (Fsp3) is 0.130. The molecule has 0 radical (unpaired) electrons. The number of aromatic nitrogens is 2. The SMILES string of the molecule is COc1ccccc1OCc1ccc(C(=O)Nc2cnn(Cc3cccc(Cl)c3)c2)o1. The molecule has 4 aromatic rings. The fourth-order valence-corrected chi connectivity index (χ4v) is 3.21. The van der Waals surface area contributed by atoms with Crippen LogP contribution < -0.4 is 14.8 Å². The molecular weight excluding hydrogens is 418 g/mol. The summed E-state index contributed by atoms with van der Waals surface area (Å²) in [5.41, 5.74) is 1.58. The zero-order chi connectivity index (χ0) is 21.6. The highest BCUT2D eigenvalue weighted by atomic mass is 35.5. The molecule has 0 aliphatic heterocycles. The maximum Gasteiger partial charge on any atom is 0.291 e. The highest BCUT2D eigenvalue weighted by molar-refractivity contribution is 6.30. The molecule has 8 heteroatoms. The molecule has 31 heavy (non-hydrogen) atoms. The molecule has 0 aliphatic rings. The van der Waals surface area contributed by atoms with E-state index >= 15 is 0 Å². The lowest BCUT2D eigenvalue weighted by Gasteiger charge is -2.08. The van der Waals surface area contributed by atoms with Crippen LogP contribution in [0.15, 0.2) is 77.5 Å². The van der Waals surface area contributed by atoms with E-state index in [1.165, 1.54) is 0 Å². The lowest BCUT2D eigenvalue weighted by atomic mass is 10.2. The maximum absolute atomic E-state index is 12.5. The van der Waals surface area contributed by atoms with E-state index in [4.69, 9.17) is 25.5 Å². The van der Waals surface area contributed by atoms with Crippen molar-refractivity contribution < 1.29 is 18.7 Å². The van der Waals surface area contributed by atoms with E-state index in [0.29, 0.717) is 34.5 Å². The van der Waals surface area contributed by atoms with Crippen molar-refractivity contribution in [3.05, 3.63) is 95.2 Å². The van der Waals surface area contributed by atoms with E-state index in [0.717, 1.165) is 5.56 Å². The van der Waals surface area contributed by atoms with Gasteiger partial charge < -0.3 is 19.2 Å². The number of nitrogens with one attached hydrogen (secondary N) is 1. The molecule has 0 spiro atoms. The van der Waals surface area contributed by atoms with Crippen LogP contribution in [0, 0.1) is 0 Å². The average Bonchev–Trinajstić information content (AvgIpc) is 3.42. The van der Waals surface area contributed by atoms with E-state index in [1.54, 1.807) is 42.4 Å². The Morgan fingerprint density at radius 2 is 1.97 bits per heavy atom. The molecule has 1 N–H and O–H groups in total. The number of ether oxygens (including phenoxy) is 2. The summed E-state index contributed by atoms with van der Waals surface area (Å²) in [6.45, 7) is 0.715. The van der Waals surface area contributed by atoms with Crippen LogP contribution in [0.4, 0.5) is 5.69 Å². The lowest BCUT2D eigenvalue weighted by molar-refractivity contribution is 0.0992. The second-order valence-corrected chi connectivity index (χ2v) is 7.15. The Morgan fingerprint density at radius 1 is 1.13 bits per heavy atom. The molecule has 7 nitrogen and oxygen atoms in total. The van der Waals surface area contributed by atoms with Crippen LogP contribution in [0.3, 0.4) is 0 Å². The zero-order valence-corrected chi connectivity index (χ0v) is 17.5. The summed E-state index contributed by atoms with van der Waals surface area (Å²) >= 11 is 6.02. The summed E-state index contributed by atoms with van der Waals surface area (Å²) in [6, 6.07) is 18.2. The van der Waals surface area contributed by atoms with Gasteiger partial charge in [-0.1, -0.05) is 35.9 Å². The number of amides is 1. The number of methoxy groups -OCH3 is 1. The molecule has 0 saturated heterocycles. The Balaban J connectivity index is 1.34. The van der Waals surface area contributed by atoms with E-state index in [2.05, 4.69) is 10.4 Å². The van der Waals surface area contributed by atoms with Gasteiger partial charge in [-0.15, -0.1) is 0 Å². The Bertz CT molecular complexity index is 1180. The molecule has 0 atom stereocenters. The first-order valence-electron chi connectivity index (χ1n) is 9.53. The molecule has 1 amide bonds. The molecule has 0 aliphatic carbocycles. The van der Waals surface area contributed by atoms with E-state index in [9.17, 15) is 4.79 Å². The van der Waals surface area contributed by atoms with Gasteiger partial charge in [0.25, 0.3) is 5.91 Å². The van der Waals surface area contributed by atoms with E-state index < -0.39 is 0 Å². The minimum atomic E-state index is -0.370. The number of carbonyl (C=O) groups excluding carboxylic acids is 1. The van der Waals surface area contributed by atoms with Gasteiger partial charge in [-0.25, -0.2) is 0 Å². The minimum Gasteiger partial charge on any atom is -0.493 e. The normalized spacial score (nSPS) is 10.6. The van der Waals surface area contributed by atoms with Gasteiger partial charge in [0.15, 0.2) is 17.3 Å². The highest BCUT2D eigenvalue weighted by Gasteiger charge is 2.13. The topological polar surface area (TPSA) is 78.5 Å². The fourth-order valence-electron chi connectivity index (χ4n) is 2.99. The number of halogens is 1. The summed E-state index contributed by atoms with van der Waals surface area (Å²) in [6.07, 6.45) is 3.32. The third-order valence-corrected chi connectivity index (χ3v) is 4.68. The summed E-state index contributed by atoms with van der Waals surface area (Å²) in [5, 5.41) is 7.72. The van der Waals surface area contributed by atoms with Crippen LogP contribution in [0.25, 0.3) is 0 Å². The molecular formula is C23H20ClN3O4. The zero-order valence-electron chi connectivity index (χ0n) is 16.7. The van der Waals surface area contributed by atoms with Crippen molar-refractivity contribution in [1.82, 2.24) is 9.78 Å². The molecule has 2 heterocycles. The lowest BCUT2D eigenvalue weighted by Crippen LogP contribution is -2.10. The molecule has 2 aromatic heterocycles. The smallest absolute Gasteiger partial charge is 0.291 e. The Labute approximate surface area is 184 Å². The number of nitrogens with zero attached hydrogens (tertiary/aromatic N) is 2. The van der Waals surface area contributed by atoms with Crippen LogP contribution in [0.1, 0.15) is 21.9 Å². The van der Waals surface area contributed by atoms with Gasteiger partial charge in [0.1, 0.15) is 12.4 Å². The van der Waals surface area contributed by atoms with E-state index in [1.807, 2.05) is 42.5 Å². The Morgan fingerprint density at radius 3 is 2.77 bits per heavy atom. The van der Waals surface area contributed by atoms with Gasteiger partial charge in [0.05, 0.1) is 25.5 Å². The van der Waals surface area contributed by atoms with Crippen LogP contribution in [-0.2, 0) is 13.2 Å². The summed E-state index contributed by atoms with van der Waals surface area (Å²) < 4.78 is 18.3. The molecule has 158 valence electrons. The first kappa shape index (κ1) is 20.6. The van der Waals surface area contributed by atoms with Crippen molar-refractivity contribution in [2.75, 3.05) is 12.4 Å². The first-order chi connectivity index (χ1) is 15.1. The number of hydrogen-bond donors (Lipinski definition) is 1. The Hall–Kier alpha value is -3.71. The maximum atomic E-state index is 12.5. The number of rotatable bonds is 8.